The van der Waals surface area contributed by atoms with Crippen LogP contribution < -0.4 is 10.1 Å². The summed E-state index contributed by atoms with van der Waals surface area (Å²) in [7, 11) is 0. The van der Waals surface area contributed by atoms with E-state index in [4.69, 9.17) is 4.74 Å². The summed E-state index contributed by atoms with van der Waals surface area (Å²) in [5, 5.41) is 3.02. The monoisotopic (exact) mass is 504 g/mol. The number of carbonyl (C=O) groups is 2. The van der Waals surface area contributed by atoms with Gasteiger partial charge < -0.3 is 15.0 Å². The first-order valence-electron chi connectivity index (χ1n) is 12.8. The normalized spacial score (nSPS) is 12.5. The zero-order valence-electron chi connectivity index (χ0n) is 22.4. The molecular weight excluding hydrogens is 467 g/mol. The molecule has 0 saturated carbocycles. The van der Waals surface area contributed by atoms with Crippen molar-refractivity contribution in [3.05, 3.63) is 100 Å². The predicted octanol–water partition coefficient (Wildman–Crippen LogP) is 5.68. The van der Waals surface area contributed by atoms with Gasteiger partial charge in [-0.3, -0.25) is 9.59 Å². The van der Waals surface area contributed by atoms with E-state index in [0.29, 0.717) is 17.7 Å². The number of hydrogen-bond acceptors (Lipinski definition) is 3. The number of nitrogens with zero attached hydrogens (tertiary/aromatic N) is 1. The Hall–Kier alpha value is -3.67. The Morgan fingerprint density at radius 1 is 1.00 bits per heavy atom. The van der Waals surface area contributed by atoms with Crippen LogP contribution in [0.2, 0.25) is 0 Å². The predicted molar refractivity (Wildman–Crippen MR) is 145 cm³/mol. The highest BCUT2D eigenvalue weighted by Crippen LogP contribution is 2.24. The molecule has 2 amide bonds. The Bertz CT molecular complexity index is 1210. The summed E-state index contributed by atoms with van der Waals surface area (Å²) in [5.74, 6) is -0.458. The van der Waals surface area contributed by atoms with Crippen molar-refractivity contribution in [1.82, 2.24) is 10.2 Å². The molecule has 37 heavy (non-hydrogen) atoms. The van der Waals surface area contributed by atoms with Crippen LogP contribution in [0.25, 0.3) is 0 Å². The molecule has 196 valence electrons. The van der Waals surface area contributed by atoms with Crippen LogP contribution in [0.5, 0.6) is 5.75 Å². The Labute approximate surface area is 219 Å². The molecule has 0 saturated heterocycles. The zero-order chi connectivity index (χ0) is 26.9. The minimum absolute atomic E-state index is 0.0495. The smallest absolute Gasteiger partial charge is 0.261 e. The van der Waals surface area contributed by atoms with Crippen LogP contribution in [0.3, 0.4) is 0 Å². The van der Waals surface area contributed by atoms with Gasteiger partial charge in [-0.2, -0.15) is 0 Å². The Kier molecular flexibility index (Phi) is 9.84. The maximum Gasteiger partial charge on any atom is 0.261 e. The van der Waals surface area contributed by atoms with E-state index >= 15 is 0 Å². The van der Waals surface area contributed by atoms with Gasteiger partial charge in [-0.1, -0.05) is 61.5 Å². The summed E-state index contributed by atoms with van der Waals surface area (Å²) in [4.78, 5) is 28.7. The van der Waals surface area contributed by atoms with E-state index in [1.807, 2.05) is 71.0 Å². The van der Waals surface area contributed by atoms with Gasteiger partial charge in [0.05, 0.1) is 0 Å². The summed E-state index contributed by atoms with van der Waals surface area (Å²) >= 11 is 0. The number of carbonyl (C=O) groups excluding carboxylic acids is 2. The first kappa shape index (κ1) is 27.9. The summed E-state index contributed by atoms with van der Waals surface area (Å²) in [6.07, 6.45) is 1.05. The number of nitrogens with one attached hydrogen (secondary N) is 1. The molecule has 3 aromatic carbocycles. The van der Waals surface area contributed by atoms with Gasteiger partial charge in [-0.15, -0.1) is 0 Å². The van der Waals surface area contributed by atoms with Crippen LogP contribution in [0.1, 0.15) is 48.1 Å². The standard InChI is InChI=1S/C31H37FN2O3/c1-6-23(4)33-31(36)28(18-25-12-8-7-9-13-25)34(19-26-14-10-11-15-27(26)32)30(35)20-37-29-17-21(2)16-22(3)24(29)5/h7-17,23,28H,6,18-20H2,1-5H3,(H,33,36)/t23-,28+/m1/s1. The largest absolute Gasteiger partial charge is 0.483 e. The lowest BCUT2D eigenvalue weighted by Gasteiger charge is -2.32. The van der Waals surface area contributed by atoms with Crippen molar-refractivity contribution < 1.29 is 18.7 Å². The maximum atomic E-state index is 14.7. The second-order valence-corrected chi connectivity index (χ2v) is 9.63. The Balaban J connectivity index is 1.96. The van der Waals surface area contributed by atoms with Crippen LogP contribution in [-0.4, -0.2) is 35.4 Å². The van der Waals surface area contributed by atoms with Crippen molar-refractivity contribution in [2.24, 2.45) is 0 Å². The molecule has 0 heterocycles. The van der Waals surface area contributed by atoms with Gasteiger partial charge in [0.25, 0.3) is 5.91 Å². The quantitative estimate of drug-likeness (QED) is 0.365. The number of aryl methyl sites for hydroxylation is 2. The van der Waals surface area contributed by atoms with Crippen molar-refractivity contribution >= 4 is 11.8 Å². The first-order valence-corrected chi connectivity index (χ1v) is 12.8. The van der Waals surface area contributed by atoms with Crippen LogP contribution in [-0.2, 0) is 22.6 Å². The van der Waals surface area contributed by atoms with Crippen molar-refractivity contribution in [2.45, 2.75) is 66.1 Å². The molecule has 0 unspecified atom stereocenters. The molecular formula is C31H37FN2O3. The Morgan fingerprint density at radius 2 is 1.68 bits per heavy atom. The van der Waals surface area contributed by atoms with Gasteiger partial charge in [0, 0.05) is 24.6 Å². The van der Waals surface area contributed by atoms with Crippen molar-refractivity contribution in [2.75, 3.05) is 6.61 Å². The van der Waals surface area contributed by atoms with Crippen LogP contribution in [0, 0.1) is 26.6 Å². The van der Waals surface area contributed by atoms with Gasteiger partial charge in [-0.05, 0) is 68.5 Å². The highest BCUT2D eigenvalue weighted by molar-refractivity contribution is 5.88. The van der Waals surface area contributed by atoms with E-state index in [0.717, 1.165) is 28.7 Å². The van der Waals surface area contributed by atoms with E-state index in [1.165, 1.54) is 11.0 Å². The highest BCUT2D eigenvalue weighted by Gasteiger charge is 2.32. The molecule has 1 N–H and O–H groups in total. The molecule has 0 aliphatic rings. The number of rotatable bonds is 11. The van der Waals surface area contributed by atoms with Crippen molar-refractivity contribution in [3.63, 3.8) is 0 Å². The third-order valence-electron chi connectivity index (χ3n) is 6.69. The average molecular weight is 505 g/mol. The molecule has 0 spiro atoms. The highest BCUT2D eigenvalue weighted by atomic mass is 19.1. The molecule has 6 heteroatoms. The van der Waals surface area contributed by atoms with Crippen LogP contribution in [0.4, 0.5) is 4.39 Å². The molecule has 0 aromatic heterocycles. The Morgan fingerprint density at radius 3 is 2.35 bits per heavy atom. The minimum Gasteiger partial charge on any atom is -0.483 e. The number of amides is 2. The van der Waals surface area contributed by atoms with Gasteiger partial charge in [0.15, 0.2) is 6.61 Å². The van der Waals surface area contributed by atoms with Crippen LogP contribution in [0.15, 0.2) is 66.7 Å². The fourth-order valence-corrected chi connectivity index (χ4v) is 4.18. The first-order chi connectivity index (χ1) is 17.7. The summed E-state index contributed by atoms with van der Waals surface area (Å²) in [6, 6.07) is 18.9. The number of hydrogen-bond donors (Lipinski definition) is 1. The van der Waals surface area contributed by atoms with Gasteiger partial charge >= 0.3 is 0 Å². The lowest BCUT2D eigenvalue weighted by atomic mass is 10.0. The van der Waals surface area contributed by atoms with Crippen molar-refractivity contribution in [3.8, 4) is 5.75 Å². The fourth-order valence-electron chi connectivity index (χ4n) is 4.18. The molecule has 3 aromatic rings. The third-order valence-corrected chi connectivity index (χ3v) is 6.69. The summed E-state index contributed by atoms with van der Waals surface area (Å²) in [5.41, 5.74) is 4.30. The minimum atomic E-state index is -0.840. The van der Waals surface area contributed by atoms with E-state index in [1.54, 1.807) is 18.2 Å². The van der Waals surface area contributed by atoms with E-state index in [2.05, 4.69) is 11.4 Å². The number of ether oxygens (including phenoxy) is 1. The van der Waals surface area contributed by atoms with E-state index in [-0.39, 0.29) is 31.0 Å². The molecule has 3 rings (SSSR count). The number of halogens is 1. The lowest BCUT2D eigenvalue weighted by molar-refractivity contribution is -0.143. The maximum absolute atomic E-state index is 14.7. The second-order valence-electron chi connectivity index (χ2n) is 9.63. The molecule has 5 nitrogen and oxygen atoms in total. The second kappa shape index (κ2) is 13.0. The van der Waals surface area contributed by atoms with E-state index < -0.39 is 11.9 Å². The fraction of sp³-hybridized carbons (Fsp3) is 0.355. The number of benzene rings is 3. The van der Waals surface area contributed by atoms with Gasteiger partial charge in [-0.25, -0.2) is 4.39 Å². The van der Waals surface area contributed by atoms with Crippen LogP contribution >= 0.6 is 0 Å². The molecule has 0 radical (unpaired) electrons. The van der Waals surface area contributed by atoms with Crippen molar-refractivity contribution in [1.29, 1.82) is 0 Å². The summed E-state index contributed by atoms with van der Waals surface area (Å²) < 4.78 is 20.7. The topological polar surface area (TPSA) is 58.6 Å². The molecule has 0 bridgehead atoms. The molecule has 0 aliphatic carbocycles. The summed E-state index contributed by atoms with van der Waals surface area (Å²) in [6.45, 7) is 9.51. The SMILES string of the molecule is CC[C@@H](C)NC(=O)[C@H](Cc1ccccc1)N(Cc1ccccc1F)C(=O)COc1cc(C)cc(C)c1C. The average Bonchev–Trinajstić information content (AvgIpc) is 2.88. The van der Waals surface area contributed by atoms with Gasteiger partial charge in [0.1, 0.15) is 17.6 Å². The zero-order valence-corrected chi connectivity index (χ0v) is 22.4. The van der Waals surface area contributed by atoms with E-state index in [9.17, 15) is 14.0 Å². The van der Waals surface area contributed by atoms with Gasteiger partial charge in [0.2, 0.25) is 5.91 Å². The molecule has 0 aliphatic heterocycles. The molecule has 2 atom stereocenters. The third kappa shape index (κ3) is 7.66. The molecule has 0 fully saturated rings. The lowest BCUT2D eigenvalue weighted by Crippen LogP contribution is -2.53.